The molecule has 1 aliphatic carbocycles. The number of aryl methyl sites for hydroxylation is 2. The molecule has 0 atom stereocenters. The molecule has 92 valence electrons. The minimum Gasteiger partial charge on any atom is -0.347 e. The van der Waals surface area contributed by atoms with Crippen LogP contribution in [0.2, 0.25) is 0 Å². The Morgan fingerprint density at radius 3 is 2.94 bits per heavy atom. The van der Waals surface area contributed by atoms with Crippen LogP contribution < -0.4 is 0 Å². The highest BCUT2D eigenvalue weighted by atomic mass is 16.7. The third-order valence-electron chi connectivity index (χ3n) is 3.77. The van der Waals surface area contributed by atoms with E-state index in [9.17, 15) is 0 Å². The summed E-state index contributed by atoms with van der Waals surface area (Å²) in [4.78, 5) is 4.59. The third kappa shape index (κ3) is 2.09. The van der Waals surface area contributed by atoms with Gasteiger partial charge in [-0.1, -0.05) is 13.0 Å². The lowest BCUT2D eigenvalue weighted by atomic mass is 10.0. The van der Waals surface area contributed by atoms with Crippen molar-refractivity contribution in [2.24, 2.45) is 0 Å². The van der Waals surface area contributed by atoms with Gasteiger partial charge in [0.05, 0.1) is 13.2 Å². The second-order valence-electron chi connectivity index (χ2n) is 4.94. The Labute approximate surface area is 102 Å². The first-order valence-corrected chi connectivity index (χ1v) is 6.56. The van der Waals surface area contributed by atoms with E-state index >= 15 is 0 Å². The van der Waals surface area contributed by atoms with E-state index < -0.39 is 0 Å². The van der Waals surface area contributed by atoms with Gasteiger partial charge in [0.25, 0.3) is 0 Å². The molecule has 3 rings (SSSR count). The lowest BCUT2D eigenvalue weighted by molar-refractivity contribution is -0.160. The Balaban J connectivity index is 1.94. The van der Waals surface area contributed by atoms with Crippen LogP contribution in [0.25, 0.3) is 0 Å². The van der Waals surface area contributed by atoms with Crippen LogP contribution in [-0.4, -0.2) is 24.0 Å². The van der Waals surface area contributed by atoms with Crippen LogP contribution in [0.5, 0.6) is 0 Å². The maximum Gasteiger partial charge on any atom is 0.172 e. The van der Waals surface area contributed by atoms with Gasteiger partial charge in [0.1, 0.15) is 0 Å². The molecule has 1 aromatic rings. The van der Waals surface area contributed by atoms with Gasteiger partial charge in [0, 0.05) is 24.7 Å². The molecule has 3 nitrogen and oxygen atoms in total. The van der Waals surface area contributed by atoms with Crippen molar-refractivity contribution in [3.05, 3.63) is 29.1 Å². The number of pyridine rings is 1. The molecule has 0 N–H and O–H groups in total. The van der Waals surface area contributed by atoms with Crippen molar-refractivity contribution < 1.29 is 9.47 Å². The van der Waals surface area contributed by atoms with E-state index in [-0.39, 0.29) is 5.79 Å². The summed E-state index contributed by atoms with van der Waals surface area (Å²) in [5.74, 6) is -0.348. The predicted molar refractivity (Wildman–Crippen MR) is 64.9 cm³/mol. The minimum atomic E-state index is -0.348. The molecule has 3 heteroatoms. The standard InChI is InChI=1S/C14H19NO2/c1-2-11-8-12-9-14(16-6-7-17-14)5-3-4-13(12)15-10-11/h8,10H,2-7,9H2,1H3. The van der Waals surface area contributed by atoms with Gasteiger partial charge in [-0.2, -0.15) is 0 Å². The first-order chi connectivity index (χ1) is 8.31. The Hall–Kier alpha value is -0.930. The number of aromatic nitrogens is 1. The van der Waals surface area contributed by atoms with E-state index in [0.29, 0.717) is 0 Å². The van der Waals surface area contributed by atoms with E-state index in [1.54, 1.807) is 0 Å². The molecule has 1 aliphatic heterocycles. The van der Waals surface area contributed by atoms with Crippen LogP contribution in [0.1, 0.15) is 36.6 Å². The number of fused-ring (bicyclic) bond motifs is 1. The summed E-state index contributed by atoms with van der Waals surface area (Å²) in [5, 5.41) is 0. The first kappa shape index (κ1) is 11.2. The molecule has 17 heavy (non-hydrogen) atoms. The molecule has 0 unspecified atom stereocenters. The summed E-state index contributed by atoms with van der Waals surface area (Å²) in [6.07, 6.45) is 7.05. The molecule has 1 fully saturated rings. The maximum absolute atomic E-state index is 5.84. The van der Waals surface area contributed by atoms with E-state index in [0.717, 1.165) is 45.3 Å². The van der Waals surface area contributed by atoms with Gasteiger partial charge in [-0.05, 0) is 30.4 Å². The fourth-order valence-corrected chi connectivity index (χ4v) is 2.81. The smallest absolute Gasteiger partial charge is 0.172 e. The van der Waals surface area contributed by atoms with Gasteiger partial charge in [0.15, 0.2) is 5.79 Å². The molecule has 0 aromatic carbocycles. The van der Waals surface area contributed by atoms with Gasteiger partial charge in [-0.25, -0.2) is 0 Å². The number of hydrogen-bond donors (Lipinski definition) is 0. The predicted octanol–water partition coefficient (Wildman–Crippen LogP) is 2.27. The summed E-state index contributed by atoms with van der Waals surface area (Å²) < 4.78 is 11.7. The molecule has 0 saturated carbocycles. The monoisotopic (exact) mass is 233 g/mol. The Morgan fingerprint density at radius 1 is 1.35 bits per heavy atom. The molecule has 2 heterocycles. The molecule has 2 aliphatic rings. The van der Waals surface area contributed by atoms with E-state index in [2.05, 4.69) is 18.0 Å². The summed E-state index contributed by atoms with van der Waals surface area (Å²) >= 11 is 0. The van der Waals surface area contributed by atoms with Gasteiger partial charge >= 0.3 is 0 Å². The van der Waals surface area contributed by atoms with Crippen molar-refractivity contribution in [1.82, 2.24) is 4.98 Å². The topological polar surface area (TPSA) is 31.4 Å². The van der Waals surface area contributed by atoms with Crippen LogP contribution in [0.15, 0.2) is 12.3 Å². The summed E-state index contributed by atoms with van der Waals surface area (Å²) in [5.41, 5.74) is 3.86. The Morgan fingerprint density at radius 2 is 2.18 bits per heavy atom. The van der Waals surface area contributed by atoms with Gasteiger partial charge in [-0.15, -0.1) is 0 Å². The maximum atomic E-state index is 5.84. The molecular weight excluding hydrogens is 214 g/mol. The molecule has 1 saturated heterocycles. The molecule has 1 spiro atoms. The summed E-state index contributed by atoms with van der Waals surface area (Å²) in [6.45, 7) is 3.63. The van der Waals surface area contributed by atoms with E-state index in [1.807, 2.05) is 6.20 Å². The van der Waals surface area contributed by atoms with Crippen molar-refractivity contribution in [2.45, 2.75) is 44.8 Å². The molecule has 1 aromatic heterocycles. The second-order valence-corrected chi connectivity index (χ2v) is 4.94. The van der Waals surface area contributed by atoms with Crippen molar-refractivity contribution in [2.75, 3.05) is 13.2 Å². The number of rotatable bonds is 1. The SMILES string of the molecule is CCc1cnc2c(c1)CC1(CCC2)OCCO1. The van der Waals surface area contributed by atoms with Crippen molar-refractivity contribution >= 4 is 0 Å². The van der Waals surface area contributed by atoms with Crippen LogP contribution in [0, 0.1) is 0 Å². The summed E-state index contributed by atoms with van der Waals surface area (Å²) in [7, 11) is 0. The minimum absolute atomic E-state index is 0.348. The largest absolute Gasteiger partial charge is 0.347 e. The van der Waals surface area contributed by atoms with Gasteiger partial charge < -0.3 is 9.47 Å². The zero-order chi connectivity index (χ0) is 11.7. The second kappa shape index (κ2) is 4.39. The average molecular weight is 233 g/mol. The average Bonchev–Trinajstić information content (AvgIpc) is 2.71. The first-order valence-electron chi connectivity index (χ1n) is 6.56. The van der Waals surface area contributed by atoms with Crippen LogP contribution in [0.4, 0.5) is 0 Å². The van der Waals surface area contributed by atoms with Crippen LogP contribution in [-0.2, 0) is 28.7 Å². The van der Waals surface area contributed by atoms with Crippen LogP contribution in [0.3, 0.4) is 0 Å². The highest BCUT2D eigenvalue weighted by molar-refractivity contribution is 5.28. The molecule has 0 radical (unpaired) electrons. The van der Waals surface area contributed by atoms with Crippen molar-refractivity contribution in [3.8, 4) is 0 Å². The van der Waals surface area contributed by atoms with Gasteiger partial charge in [-0.3, -0.25) is 4.98 Å². The van der Waals surface area contributed by atoms with Gasteiger partial charge in [0.2, 0.25) is 0 Å². The third-order valence-corrected chi connectivity index (χ3v) is 3.77. The van der Waals surface area contributed by atoms with E-state index in [1.165, 1.54) is 16.8 Å². The fraction of sp³-hybridized carbons (Fsp3) is 0.643. The quantitative estimate of drug-likeness (QED) is 0.745. The van der Waals surface area contributed by atoms with Crippen molar-refractivity contribution in [3.63, 3.8) is 0 Å². The molecular formula is C14H19NO2. The fourth-order valence-electron chi connectivity index (χ4n) is 2.81. The number of ether oxygens (including phenoxy) is 2. The van der Waals surface area contributed by atoms with E-state index in [4.69, 9.17) is 9.47 Å². The highest BCUT2D eigenvalue weighted by Gasteiger charge is 2.38. The number of hydrogen-bond acceptors (Lipinski definition) is 3. The van der Waals surface area contributed by atoms with Crippen molar-refractivity contribution in [1.29, 1.82) is 0 Å². The normalized spacial score (nSPS) is 22.4. The summed E-state index contributed by atoms with van der Waals surface area (Å²) in [6, 6.07) is 2.28. The molecule has 0 amide bonds. The number of nitrogens with zero attached hydrogens (tertiary/aromatic N) is 1. The zero-order valence-electron chi connectivity index (χ0n) is 10.4. The Kier molecular flexibility index (Phi) is 2.89. The lowest BCUT2D eigenvalue weighted by Gasteiger charge is -2.25. The lowest BCUT2D eigenvalue weighted by Crippen LogP contribution is -2.32. The highest BCUT2D eigenvalue weighted by Crippen LogP contribution is 2.33. The van der Waals surface area contributed by atoms with Crippen LogP contribution >= 0.6 is 0 Å². The zero-order valence-corrected chi connectivity index (χ0v) is 10.4. The Bertz CT molecular complexity index is 411. The molecule has 0 bridgehead atoms.